The molecule has 1 heterocycles. The fraction of sp³-hybridized carbons (Fsp3) is 0.250. The number of hydrogen-bond donors (Lipinski definition) is 1. The summed E-state index contributed by atoms with van der Waals surface area (Å²) in [4.78, 5) is 11.1. The Hall–Kier alpha value is -1.43. The quantitative estimate of drug-likeness (QED) is 0.622. The average Bonchev–Trinajstić information content (AvgIpc) is 2.75. The molecule has 1 aromatic rings. The minimum absolute atomic E-state index is 0.00654. The molecule has 0 amide bonds. The number of rotatable bonds is 4. The highest BCUT2D eigenvalue weighted by Gasteiger charge is 2.23. The van der Waals surface area contributed by atoms with Crippen LogP contribution in [0.2, 0.25) is 0 Å². The van der Waals surface area contributed by atoms with E-state index >= 15 is 0 Å². The van der Waals surface area contributed by atoms with E-state index in [4.69, 9.17) is 5.26 Å². The van der Waals surface area contributed by atoms with Crippen molar-refractivity contribution in [3.8, 4) is 6.07 Å². The summed E-state index contributed by atoms with van der Waals surface area (Å²) >= 11 is 0.966. The number of methoxy groups -OCH3 is 1. The number of nitrogens with one attached hydrogen (secondary N) is 1. The van der Waals surface area contributed by atoms with E-state index < -0.39 is 16.0 Å². The van der Waals surface area contributed by atoms with Gasteiger partial charge < -0.3 is 4.74 Å². The number of ether oxygens (including phenoxy) is 1. The molecule has 0 aliphatic carbocycles. The van der Waals surface area contributed by atoms with E-state index in [-0.39, 0.29) is 16.3 Å². The van der Waals surface area contributed by atoms with Gasteiger partial charge in [0.2, 0.25) is 10.0 Å². The molecule has 0 fully saturated rings. The summed E-state index contributed by atoms with van der Waals surface area (Å²) in [5.74, 6) is -0.715. The lowest BCUT2D eigenvalue weighted by Crippen LogP contribution is -2.25. The molecule has 0 saturated carbocycles. The van der Waals surface area contributed by atoms with E-state index in [0.29, 0.717) is 0 Å². The van der Waals surface area contributed by atoms with Gasteiger partial charge in [-0.25, -0.2) is 13.2 Å². The third-order valence-electron chi connectivity index (χ3n) is 1.63. The van der Waals surface area contributed by atoms with Gasteiger partial charge in [-0.2, -0.15) is 9.98 Å². The maximum Gasteiger partial charge on any atom is 0.349 e. The average molecular weight is 260 g/mol. The van der Waals surface area contributed by atoms with E-state index in [1.54, 1.807) is 6.07 Å². The van der Waals surface area contributed by atoms with Crippen LogP contribution in [-0.2, 0) is 14.8 Å². The van der Waals surface area contributed by atoms with Crippen molar-refractivity contribution < 1.29 is 17.9 Å². The summed E-state index contributed by atoms with van der Waals surface area (Å²) < 4.78 is 29.7. The number of sulfonamides is 1. The van der Waals surface area contributed by atoms with Gasteiger partial charge >= 0.3 is 5.97 Å². The zero-order chi connectivity index (χ0) is 12.2. The first-order chi connectivity index (χ1) is 7.53. The number of carbonyl (C=O) groups excluding carboxylic acids is 1. The number of hydrogen-bond acceptors (Lipinski definition) is 6. The van der Waals surface area contributed by atoms with Crippen molar-refractivity contribution in [2.24, 2.45) is 0 Å². The predicted molar refractivity (Wildman–Crippen MR) is 56.5 cm³/mol. The number of esters is 1. The van der Waals surface area contributed by atoms with Crippen LogP contribution >= 0.6 is 11.3 Å². The van der Waals surface area contributed by atoms with Gasteiger partial charge in [0.1, 0.15) is 9.77 Å². The Kier molecular flexibility index (Phi) is 4.00. The highest BCUT2D eigenvalue weighted by Crippen LogP contribution is 2.22. The summed E-state index contributed by atoms with van der Waals surface area (Å²) in [6.07, 6.45) is 0. The molecule has 1 rings (SSSR count). The van der Waals surface area contributed by atoms with Crippen LogP contribution in [0.5, 0.6) is 0 Å². The van der Waals surface area contributed by atoms with Crippen LogP contribution in [0, 0.1) is 11.3 Å². The fourth-order valence-corrected chi connectivity index (χ4v) is 3.20. The van der Waals surface area contributed by atoms with E-state index in [2.05, 4.69) is 4.74 Å². The molecular formula is C8H8N2O4S2. The van der Waals surface area contributed by atoms with Crippen molar-refractivity contribution in [1.82, 2.24) is 4.72 Å². The Morgan fingerprint density at radius 3 is 2.94 bits per heavy atom. The van der Waals surface area contributed by atoms with Gasteiger partial charge in [0, 0.05) is 0 Å². The van der Waals surface area contributed by atoms with Crippen LogP contribution in [0.25, 0.3) is 0 Å². The Labute approximate surface area is 96.5 Å². The Balaban J connectivity index is 3.10. The summed E-state index contributed by atoms with van der Waals surface area (Å²) in [5.41, 5.74) is 0. The van der Waals surface area contributed by atoms with Gasteiger partial charge in [-0.1, -0.05) is 0 Å². The van der Waals surface area contributed by atoms with Gasteiger partial charge in [0.15, 0.2) is 0 Å². The Morgan fingerprint density at radius 1 is 1.69 bits per heavy atom. The van der Waals surface area contributed by atoms with Crippen LogP contribution in [-0.4, -0.2) is 28.0 Å². The van der Waals surface area contributed by atoms with Crippen LogP contribution in [0.3, 0.4) is 0 Å². The van der Waals surface area contributed by atoms with Crippen molar-refractivity contribution in [2.45, 2.75) is 4.90 Å². The van der Waals surface area contributed by atoms with Gasteiger partial charge in [0.25, 0.3) is 0 Å². The van der Waals surface area contributed by atoms with E-state index in [1.807, 2.05) is 4.72 Å². The molecule has 1 N–H and O–H groups in total. The van der Waals surface area contributed by atoms with Crippen LogP contribution < -0.4 is 4.72 Å². The molecule has 0 atom stereocenters. The van der Waals surface area contributed by atoms with E-state index in [9.17, 15) is 13.2 Å². The molecule has 1 aromatic heterocycles. The van der Waals surface area contributed by atoms with E-state index in [1.165, 1.54) is 18.6 Å². The van der Waals surface area contributed by atoms with Gasteiger partial charge in [-0.15, -0.1) is 11.3 Å². The first-order valence-electron chi connectivity index (χ1n) is 4.05. The zero-order valence-electron chi connectivity index (χ0n) is 8.26. The minimum atomic E-state index is -3.83. The van der Waals surface area contributed by atoms with E-state index in [0.717, 1.165) is 11.3 Å². The first-order valence-corrected chi connectivity index (χ1v) is 6.41. The Bertz CT molecular complexity index is 526. The molecule has 0 aliphatic heterocycles. The van der Waals surface area contributed by atoms with Crippen molar-refractivity contribution in [2.75, 3.05) is 13.7 Å². The third kappa shape index (κ3) is 2.57. The summed E-state index contributed by atoms with van der Waals surface area (Å²) in [5, 5.41) is 9.75. The molecule has 0 spiro atoms. The Morgan fingerprint density at radius 2 is 2.38 bits per heavy atom. The number of nitrogens with zero attached hydrogens (tertiary/aromatic N) is 1. The highest BCUT2D eigenvalue weighted by atomic mass is 32.2. The fourth-order valence-electron chi connectivity index (χ4n) is 0.956. The second-order valence-corrected chi connectivity index (χ2v) is 5.24. The highest BCUT2D eigenvalue weighted by molar-refractivity contribution is 7.89. The smallest absolute Gasteiger partial charge is 0.349 e. The molecule has 0 radical (unpaired) electrons. The molecule has 0 aromatic carbocycles. The molecule has 16 heavy (non-hydrogen) atoms. The molecule has 0 saturated heterocycles. The molecule has 8 heteroatoms. The third-order valence-corrected chi connectivity index (χ3v) is 4.10. The van der Waals surface area contributed by atoms with Gasteiger partial charge in [-0.3, -0.25) is 0 Å². The first kappa shape index (κ1) is 12.6. The lowest BCUT2D eigenvalue weighted by molar-refractivity contribution is 0.0602. The topological polar surface area (TPSA) is 96.3 Å². The summed E-state index contributed by atoms with van der Waals surface area (Å²) in [6, 6.07) is 2.93. The van der Waals surface area contributed by atoms with Crippen LogP contribution in [0.4, 0.5) is 0 Å². The van der Waals surface area contributed by atoms with Crippen molar-refractivity contribution >= 4 is 27.3 Å². The van der Waals surface area contributed by atoms with Crippen LogP contribution in [0.1, 0.15) is 9.67 Å². The van der Waals surface area contributed by atoms with Gasteiger partial charge in [-0.05, 0) is 11.4 Å². The summed E-state index contributed by atoms with van der Waals surface area (Å²) in [7, 11) is -2.66. The molecule has 86 valence electrons. The maximum absolute atomic E-state index is 11.6. The van der Waals surface area contributed by atoms with Gasteiger partial charge in [0.05, 0.1) is 19.7 Å². The van der Waals surface area contributed by atoms with Crippen molar-refractivity contribution in [3.63, 3.8) is 0 Å². The summed E-state index contributed by atoms with van der Waals surface area (Å²) in [6.45, 7) is -0.348. The van der Waals surface area contributed by atoms with Crippen molar-refractivity contribution in [3.05, 3.63) is 16.3 Å². The maximum atomic E-state index is 11.6. The molecule has 0 bridgehead atoms. The SMILES string of the molecule is COC(=O)c1sccc1S(=O)(=O)NCC#N. The molecular weight excluding hydrogens is 252 g/mol. The standard InChI is InChI=1S/C8H8N2O4S2/c1-14-8(11)7-6(2-5-15-7)16(12,13)10-4-3-9/h2,5,10H,4H2,1H3. The van der Waals surface area contributed by atoms with Crippen molar-refractivity contribution in [1.29, 1.82) is 5.26 Å². The lowest BCUT2D eigenvalue weighted by atomic mass is 10.5. The zero-order valence-corrected chi connectivity index (χ0v) is 9.89. The number of nitriles is 1. The largest absolute Gasteiger partial charge is 0.465 e. The predicted octanol–water partition coefficient (Wildman–Crippen LogP) is 0.337. The second-order valence-electron chi connectivity index (χ2n) is 2.59. The molecule has 6 nitrogen and oxygen atoms in total. The molecule has 0 aliphatic rings. The monoisotopic (exact) mass is 260 g/mol. The molecule has 0 unspecified atom stereocenters. The second kappa shape index (κ2) is 5.07. The number of thiophene rings is 1. The minimum Gasteiger partial charge on any atom is -0.465 e. The normalized spacial score (nSPS) is 10.8. The number of carbonyl (C=O) groups is 1. The lowest BCUT2D eigenvalue weighted by Gasteiger charge is -2.03. The van der Waals surface area contributed by atoms with Crippen LogP contribution in [0.15, 0.2) is 16.3 Å².